The Morgan fingerprint density at radius 1 is 1.48 bits per heavy atom. The van der Waals surface area contributed by atoms with E-state index >= 15 is 0 Å². The molecule has 0 amide bonds. The first kappa shape index (κ1) is 13.7. The zero-order valence-electron chi connectivity index (χ0n) is 10.7. The molecule has 0 saturated carbocycles. The summed E-state index contributed by atoms with van der Waals surface area (Å²) in [6.45, 7) is 0.426. The summed E-state index contributed by atoms with van der Waals surface area (Å²) in [5, 5.41) is 16.9. The van der Waals surface area contributed by atoms with Gasteiger partial charge in [0.2, 0.25) is 6.79 Å². The van der Waals surface area contributed by atoms with Gasteiger partial charge in [0.05, 0.1) is 17.3 Å². The molecule has 0 saturated heterocycles. The monoisotopic (exact) mass is 310 g/mol. The molecule has 1 aliphatic heterocycles. The molecular weight excluding hydrogens is 300 g/mol. The highest BCUT2D eigenvalue weighted by Gasteiger charge is 2.21. The lowest BCUT2D eigenvalue weighted by Crippen LogP contribution is -2.13. The van der Waals surface area contributed by atoms with Gasteiger partial charge in [-0.2, -0.15) is 0 Å². The number of hydrogen-bond acceptors (Lipinski definition) is 6. The predicted octanol–water partition coefficient (Wildman–Crippen LogP) is 0.865. The van der Waals surface area contributed by atoms with Gasteiger partial charge in [0.1, 0.15) is 0 Å². The number of benzene rings is 1. The van der Waals surface area contributed by atoms with Gasteiger partial charge in [-0.15, -0.1) is 5.10 Å². The lowest BCUT2D eigenvalue weighted by Gasteiger charge is -2.07. The van der Waals surface area contributed by atoms with Crippen molar-refractivity contribution in [2.24, 2.45) is 5.73 Å². The van der Waals surface area contributed by atoms with Crippen LogP contribution in [-0.2, 0) is 13.1 Å². The first-order valence-electron chi connectivity index (χ1n) is 6.04. The minimum absolute atomic E-state index is 0.0208. The molecule has 8 nitrogen and oxygen atoms in total. The number of rotatable bonds is 4. The Morgan fingerprint density at radius 3 is 3.00 bits per heavy atom. The molecule has 0 atom stereocenters. The molecule has 1 aromatic heterocycles. The second-order valence-electron chi connectivity index (χ2n) is 4.36. The van der Waals surface area contributed by atoms with Crippen LogP contribution in [0.4, 0.5) is 0 Å². The third-order valence-electron chi connectivity index (χ3n) is 3.05. The Bertz CT molecular complexity index is 716. The highest BCUT2D eigenvalue weighted by Crippen LogP contribution is 2.39. The summed E-state index contributed by atoms with van der Waals surface area (Å²) < 4.78 is 11.9. The van der Waals surface area contributed by atoms with Crippen LogP contribution in [0, 0.1) is 0 Å². The molecule has 9 heteroatoms. The molecule has 0 unspecified atom stereocenters. The molecule has 2 aromatic rings. The fourth-order valence-corrected chi connectivity index (χ4v) is 2.40. The molecule has 0 radical (unpaired) electrons. The molecule has 110 valence electrons. The van der Waals surface area contributed by atoms with Crippen LogP contribution in [-0.4, -0.2) is 32.9 Å². The normalized spacial score (nSPS) is 12.7. The maximum atomic E-state index is 11.0. The van der Waals surface area contributed by atoms with E-state index in [-0.39, 0.29) is 25.6 Å². The molecule has 1 aromatic carbocycles. The zero-order chi connectivity index (χ0) is 15.0. The number of nitrogens with zero attached hydrogens (tertiary/aromatic N) is 3. The lowest BCUT2D eigenvalue weighted by atomic mass is 10.2. The van der Waals surface area contributed by atoms with E-state index in [1.807, 2.05) is 0 Å². The highest BCUT2D eigenvalue weighted by atomic mass is 35.5. The van der Waals surface area contributed by atoms with Gasteiger partial charge in [0.15, 0.2) is 17.2 Å². The average molecular weight is 311 g/mol. The van der Waals surface area contributed by atoms with Gasteiger partial charge in [-0.1, -0.05) is 16.8 Å². The average Bonchev–Trinajstić information content (AvgIpc) is 3.05. The van der Waals surface area contributed by atoms with Crippen molar-refractivity contribution in [3.63, 3.8) is 0 Å². The fraction of sp³-hybridized carbons (Fsp3) is 0.250. The van der Waals surface area contributed by atoms with Gasteiger partial charge in [-0.25, -0.2) is 9.48 Å². The number of ether oxygens (including phenoxy) is 2. The number of carboxylic acid groups (broad SMARTS) is 1. The molecule has 0 spiro atoms. The van der Waals surface area contributed by atoms with E-state index in [0.29, 0.717) is 22.2 Å². The smallest absolute Gasteiger partial charge is 0.358 e. The third kappa shape index (κ3) is 2.39. The van der Waals surface area contributed by atoms with E-state index in [1.54, 1.807) is 12.1 Å². The van der Waals surface area contributed by atoms with E-state index in [4.69, 9.17) is 31.9 Å². The Balaban J connectivity index is 1.94. The van der Waals surface area contributed by atoms with Crippen LogP contribution in [0.25, 0.3) is 0 Å². The molecule has 21 heavy (non-hydrogen) atoms. The Labute approximate surface area is 124 Å². The topological polar surface area (TPSA) is 112 Å². The number of fused-ring (bicyclic) bond motifs is 1. The number of nitrogens with two attached hydrogens (primary N) is 1. The van der Waals surface area contributed by atoms with Crippen molar-refractivity contribution in [1.82, 2.24) is 15.0 Å². The number of aromatic nitrogens is 3. The van der Waals surface area contributed by atoms with Crippen LogP contribution in [0.3, 0.4) is 0 Å². The van der Waals surface area contributed by atoms with Crippen LogP contribution in [0.15, 0.2) is 12.1 Å². The third-order valence-corrected chi connectivity index (χ3v) is 3.33. The molecule has 3 N–H and O–H groups in total. The van der Waals surface area contributed by atoms with E-state index in [9.17, 15) is 4.79 Å². The van der Waals surface area contributed by atoms with Gasteiger partial charge in [-0.05, 0) is 17.7 Å². The minimum atomic E-state index is -1.16. The maximum Gasteiger partial charge on any atom is 0.358 e. The number of halogens is 1. The number of carbonyl (C=O) groups is 1. The summed E-state index contributed by atoms with van der Waals surface area (Å²) in [5.41, 5.74) is 6.55. The van der Waals surface area contributed by atoms with E-state index in [0.717, 1.165) is 5.56 Å². The molecule has 3 rings (SSSR count). The summed E-state index contributed by atoms with van der Waals surface area (Å²) in [6.07, 6.45) is 0. The van der Waals surface area contributed by atoms with Crippen molar-refractivity contribution in [3.05, 3.63) is 34.1 Å². The SMILES string of the molecule is NCc1c(C(=O)O)nnn1Cc1cc(Cl)c2c(c1)OCO2. The van der Waals surface area contributed by atoms with Crippen molar-refractivity contribution in [1.29, 1.82) is 0 Å². The van der Waals surface area contributed by atoms with Gasteiger partial charge >= 0.3 is 5.97 Å². The Morgan fingerprint density at radius 2 is 2.29 bits per heavy atom. The van der Waals surface area contributed by atoms with Crippen LogP contribution < -0.4 is 15.2 Å². The molecule has 1 aliphatic rings. The summed E-state index contributed by atoms with van der Waals surface area (Å²) in [5.74, 6) is -0.111. The van der Waals surface area contributed by atoms with E-state index in [1.165, 1.54) is 4.68 Å². The van der Waals surface area contributed by atoms with Crippen LogP contribution >= 0.6 is 11.6 Å². The summed E-state index contributed by atoms with van der Waals surface area (Å²) in [7, 11) is 0. The van der Waals surface area contributed by atoms with E-state index < -0.39 is 5.97 Å². The molecule has 0 fully saturated rings. The second kappa shape index (κ2) is 5.23. The van der Waals surface area contributed by atoms with Crippen molar-refractivity contribution in [3.8, 4) is 11.5 Å². The van der Waals surface area contributed by atoms with Gasteiger partial charge in [-0.3, -0.25) is 0 Å². The molecule has 2 heterocycles. The quantitative estimate of drug-likeness (QED) is 0.861. The van der Waals surface area contributed by atoms with E-state index in [2.05, 4.69) is 10.3 Å². The number of aromatic carboxylic acids is 1. The van der Waals surface area contributed by atoms with Gasteiger partial charge < -0.3 is 20.3 Å². The fourth-order valence-electron chi connectivity index (χ4n) is 2.11. The van der Waals surface area contributed by atoms with Crippen molar-refractivity contribution < 1.29 is 19.4 Å². The predicted molar refractivity (Wildman–Crippen MR) is 71.5 cm³/mol. The van der Waals surface area contributed by atoms with Crippen LogP contribution in [0.5, 0.6) is 11.5 Å². The number of hydrogen-bond donors (Lipinski definition) is 2. The summed E-state index contributed by atoms with van der Waals surface area (Å²) >= 11 is 6.10. The Hall–Kier alpha value is -2.32. The molecule has 0 aliphatic carbocycles. The highest BCUT2D eigenvalue weighted by molar-refractivity contribution is 6.32. The standard InChI is InChI=1S/C12H11ClN4O4/c13-7-1-6(2-9-11(7)21-5-20-9)4-17-8(3-14)10(12(18)19)15-16-17/h1-2H,3-5,14H2,(H,18,19). The van der Waals surface area contributed by atoms with Gasteiger partial charge in [0.25, 0.3) is 0 Å². The van der Waals surface area contributed by atoms with Crippen LogP contribution in [0.1, 0.15) is 21.7 Å². The summed E-state index contributed by atoms with van der Waals surface area (Å²) in [6, 6.07) is 3.47. The van der Waals surface area contributed by atoms with Crippen LogP contribution in [0.2, 0.25) is 5.02 Å². The zero-order valence-corrected chi connectivity index (χ0v) is 11.5. The van der Waals surface area contributed by atoms with Crippen molar-refractivity contribution >= 4 is 17.6 Å². The first-order chi connectivity index (χ1) is 10.1. The summed E-state index contributed by atoms with van der Waals surface area (Å²) in [4.78, 5) is 11.0. The Kier molecular flexibility index (Phi) is 3.40. The van der Waals surface area contributed by atoms with Gasteiger partial charge in [0, 0.05) is 6.54 Å². The molecule has 0 bridgehead atoms. The largest absolute Gasteiger partial charge is 0.476 e. The first-order valence-corrected chi connectivity index (χ1v) is 6.41. The maximum absolute atomic E-state index is 11.0. The van der Waals surface area contributed by atoms with Crippen molar-refractivity contribution in [2.45, 2.75) is 13.1 Å². The number of carboxylic acids is 1. The molecular formula is C12H11ClN4O4. The van der Waals surface area contributed by atoms with Crippen molar-refractivity contribution in [2.75, 3.05) is 6.79 Å². The second-order valence-corrected chi connectivity index (χ2v) is 4.77. The lowest BCUT2D eigenvalue weighted by molar-refractivity contribution is 0.0689. The minimum Gasteiger partial charge on any atom is -0.476 e.